The summed E-state index contributed by atoms with van der Waals surface area (Å²) in [4.78, 5) is 12.7. The van der Waals surface area contributed by atoms with Gasteiger partial charge in [0, 0.05) is 12.0 Å². The lowest BCUT2D eigenvalue weighted by atomic mass is 9.81. The monoisotopic (exact) mass is 259 g/mol. The number of Topliss-reactive ketones (excluding diaryl/α,β-unsaturated/α-hetero) is 1. The van der Waals surface area contributed by atoms with Gasteiger partial charge in [-0.1, -0.05) is 12.1 Å². The predicted octanol–water partition coefficient (Wildman–Crippen LogP) is 2.71. The van der Waals surface area contributed by atoms with Crippen LogP contribution in [0.1, 0.15) is 48.0 Å². The van der Waals surface area contributed by atoms with E-state index in [0.29, 0.717) is 0 Å². The van der Waals surface area contributed by atoms with E-state index in [0.717, 1.165) is 56.4 Å². The Kier molecular flexibility index (Phi) is 3.56. The fourth-order valence-electron chi connectivity index (χ4n) is 3.18. The van der Waals surface area contributed by atoms with Crippen LogP contribution < -0.4 is 10.5 Å². The normalized spacial score (nSPS) is 26.4. The van der Waals surface area contributed by atoms with Gasteiger partial charge < -0.3 is 10.5 Å². The Hall–Kier alpha value is -1.35. The van der Waals surface area contributed by atoms with Crippen molar-refractivity contribution in [1.29, 1.82) is 0 Å². The van der Waals surface area contributed by atoms with Gasteiger partial charge in [0.15, 0.2) is 5.78 Å². The highest BCUT2D eigenvalue weighted by Gasteiger charge is 2.28. The third-order valence-corrected chi connectivity index (χ3v) is 4.34. The Balaban J connectivity index is 1.83. The van der Waals surface area contributed by atoms with E-state index in [1.807, 2.05) is 12.1 Å². The van der Waals surface area contributed by atoms with Crippen molar-refractivity contribution < 1.29 is 9.53 Å². The molecule has 0 saturated heterocycles. The smallest absolute Gasteiger partial charge is 0.169 e. The molecule has 0 aromatic heterocycles. The SMILES string of the molecule is NC1CCC(C(=O)c2cccc3c2OCCC3)CC1. The first-order chi connectivity index (χ1) is 9.25. The highest BCUT2D eigenvalue weighted by Crippen LogP contribution is 2.33. The molecular formula is C16H21NO2. The van der Waals surface area contributed by atoms with E-state index in [9.17, 15) is 4.79 Å². The van der Waals surface area contributed by atoms with Gasteiger partial charge in [0.1, 0.15) is 5.75 Å². The summed E-state index contributed by atoms with van der Waals surface area (Å²) in [5.41, 5.74) is 7.88. The minimum Gasteiger partial charge on any atom is -0.493 e. The molecule has 2 N–H and O–H groups in total. The number of benzene rings is 1. The van der Waals surface area contributed by atoms with Gasteiger partial charge in [0.05, 0.1) is 12.2 Å². The summed E-state index contributed by atoms with van der Waals surface area (Å²) in [6, 6.07) is 6.25. The Bertz CT molecular complexity index is 476. The predicted molar refractivity (Wildman–Crippen MR) is 74.5 cm³/mol. The molecule has 3 nitrogen and oxygen atoms in total. The largest absolute Gasteiger partial charge is 0.493 e. The molecule has 1 aromatic carbocycles. The van der Waals surface area contributed by atoms with E-state index in [1.165, 1.54) is 5.56 Å². The highest BCUT2D eigenvalue weighted by molar-refractivity contribution is 6.00. The van der Waals surface area contributed by atoms with Crippen molar-refractivity contribution in [2.24, 2.45) is 11.7 Å². The maximum absolute atomic E-state index is 12.7. The number of hydrogen-bond acceptors (Lipinski definition) is 3. The van der Waals surface area contributed by atoms with Crippen molar-refractivity contribution in [2.45, 2.75) is 44.6 Å². The number of para-hydroxylation sites is 1. The van der Waals surface area contributed by atoms with Crippen LogP contribution in [0.4, 0.5) is 0 Å². The average Bonchev–Trinajstić information content (AvgIpc) is 2.47. The number of nitrogens with two attached hydrogens (primary N) is 1. The van der Waals surface area contributed by atoms with E-state index in [-0.39, 0.29) is 17.7 Å². The quantitative estimate of drug-likeness (QED) is 0.831. The molecular weight excluding hydrogens is 238 g/mol. The molecule has 1 heterocycles. The lowest BCUT2D eigenvalue weighted by molar-refractivity contribution is 0.0879. The summed E-state index contributed by atoms with van der Waals surface area (Å²) < 4.78 is 5.74. The van der Waals surface area contributed by atoms with E-state index < -0.39 is 0 Å². The fourth-order valence-corrected chi connectivity index (χ4v) is 3.18. The van der Waals surface area contributed by atoms with Crippen LogP contribution in [0.2, 0.25) is 0 Å². The number of fused-ring (bicyclic) bond motifs is 1. The standard InChI is InChI=1S/C16H21NO2/c17-13-8-6-11(7-9-13)15(18)14-5-1-3-12-4-2-10-19-16(12)14/h1,3,5,11,13H,2,4,6-10,17H2. The molecule has 0 bridgehead atoms. The van der Waals surface area contributed by atoms with Crippen LogP contribution in [0.25, 0.3) is 0 Å². The van der Waals surface area contributed by atoms with E-state index in [1.54, 1.807) is 0 Å². The number of carbonyl (C=O) groups excluding carboxylic acids is 1. The van der Waals surface area contributed by atoms with Gasteiger partial charge in [-0.05, 0) is 50.2 Å². The van der Waals surface area contributed by atoms with E-state index >= 15 is 0 Å². The van der Waals surface area contributed by atoms with Gasteiger partial charge in [-0.2, -0.15) is 0 Å². The van der Waals surface area contributed by atoms with Crippen LogP contribution in [-0.4, -0.2) is 18.4 Å². The summed E-state index contributed by atoms with van der Waals surface area (Å²) in [6.45, 7) is 0.729. The molecule has 102 valence electrons. The minimum absolute atomic E-state index is 0.136. The zero-order valence-electron chi connectivity index (χ0n) is 11.2. The average molecular weight is 259 g/mol. The number of ketones is 1. The molecule has 0 amide bonds. The van der Waals surface area contributed by atoms with Crippen LogP contribution in [-0.2, 0) is 6.42 Å². The molecule has 19 heavy (non-hydrogen) atoms. The second kappa shape index (κ2) is 5.33. The molecule has 0 atom stereocenters. The molecule has 3 heteroatoms. The molecule has 1 aliphatic heterocycles. The van der Waals surface area contributed by atoms with Crippen molar-refractivity contribution in [1.82, 2.24) is 0 Å². The molecule has 3 rings (SSSR count). The Morgan fingerprint density at radius 3 is 2.79 bits per heavy atom. The molecule has 1 saturated carbocycles. The van der Waals surface area contributed by atoms with Crippen molar-refractivity contribution in [2.75, 3.05) is 6.61 Å². The first kappa shape index (κ1) is 12.7. The summed E-state index contributed by atoms with van der Waals surface area (Å²) in [5.74, 6) is 1.23. The van der Waals surface area contributed by atoms with Gasteiger partial charge >= 0.3 is 0 Å². The first-order valence-corrected chi connectivity index (χ1v) is 7.30. The van der Waals surface area contributed by atoms with Gasteiger partial charge in [-0.15, -0.1) is 0 Å². The van der Waals surface area contributed by atoms with Crippen molar-refractivity contribution in [3.8, 4) is 5.75 Å². The number of hydrogen-bond donors (Lipinski definition) is 1. The van der Waals surface area contributed by atoms with Crippen molar-refractivity contribution in [3.05, 3.63) is 29.3 Å². The maximum atomic E-state index is 12.7. The topological polar surface area (TPSA) is 52.3 Å². The van der Waals surface area contributed by atoms with Gasteiger partial charge in [-0.25, -0.2) is 0 Å². The number of ether oxygens (including phenoxy) is 1. The number of carbonyl (C=O) groups is 1. The third kappa shape index (κ3) is 2.52. The van der Waals surface area contributed by atoms with E-state index in [4.69, 9.17) is 10.5 Å². The summed E-state index contributed by atoms with van der Waals surface area (Å²) >= 11 is 0. The van der Waals surface area contributed by atoms with Gasteiger partial charge in [0.2, 0.25) is 0 Å². The summed E-state index contributed by atoms with van der Waals surface area (Å²) in [5, 5.41) is 0. The molecule has 1 fully saturated rings. The second-order valence-electron chi connectivity index (χ2n) is 5.72. The third-order valence-electron chi connectivity index (χ3n) is 4.34. The fraction of sp³-hybridized carbons (Fsp3) is 0.562. The van der Waals surface area contributed by atoms with Gasteiger partial charge in [-0.3, -0.25) is 4.79 Å². The Morgan fingerprint density at radius 2 is 2.00 bits per heavy atom. The minimum atomic E-state index is 0.136. The van der Waals surface area contributed by atoms with Gasteiger partial charge in [0.25, 0.3) is 0 Å². The molecule has 0 spiro atoms. The van der Waals surface area contributed by atoms with Crippen molar-refractivity contribution >= 4 is 5.78 Å². The molecule has 0 unspecified atom stereocenters. The zero-order valence-corrected chi connectivity index (χ0v) is 11.2. The maximum Gasteiger partial charge on any atom is 0.169 e. The van der Waals surface area contributed by atoms with Crippen LogP contribution in [0.3, 0.4) is 0 Å². The molecule has 1 aliphatic carbocycles. The lowest BCUT2D eigenvalue weighted by Crippen LogP contribution is -2.30. The van der Waals surface area contributed by atoms with E-state index in [2.05, 4.69) is 6.07 Å². The summed E-state index contributed by atoms with van der Waals surface area (Å²) in [6.07, 6.45) is 5.83. The van der Waals surface area contributed by atoms with Crippen LogP contribution in [0.5, 0.6) is 5.75 Å². The number of aryl methyl sites for hydroxylation is 1. The molecule has 0 radical (unpaired) electrons. The Morgan fingerprint density at radius 1 is 1.21 bits per heavy atom. The first-order valence-electron chi connectivity index (χ1n) is 7.30. The van der Waals surface area contributed by atoms with Crippen LogP contribution >= 0.6 is 0 Å². The zero-order chi connectivity index (χ0) is 13.2. The highest BCUT2D eigenvalue weighted by atomic mass is 16.5. The van der Waals surface area contributed by atoms with Crippen LogP contribution in [0.15, 0.2) is 18.2 Å². The molecule has 2 aliphatic rings. The number of rotatable bonds is 2. The lowest BCUT2D eigenvalue weighted by Gasteiger charge is -2.26. The summed E-state index contributed by atoms with van der Waals surface area (Å²) in [7, 11) is 0. The van der Waals surface area contributed by atoms with Crippen molar-refractivity contribution in [3.63, 3.8) is 0 Å². The molecule has 1 aromatic rings. The Labute approximate surface area is 114 Å². The van der Waals surface area contributed by atoms with Crippen LogP contribution in [0, 0.1) is 5.92 Å². The second-order valence-corrected chi connectivity index (χ2v) is 5.72.